The van der Waals surface area contributed by atoms with Gasteiger partial charge in [-0.1, -0.05) is 32.6 Å². The van der Waals surface area contributed by atoms with Crippen LogP contribution >= 0.6 is 0 Å². The molecule has 1 N–H and O–H groups in total. The average Bonchev–Trinajstić information content (AvgIpc) is 3.58. The van der Waals surface area contributed by atoms with Crippen molar-refractivity contribution in [2.75, 3.05) is 18.6 Å². The Kier molecular flexibility index (Phi) is 8.68. The molecular weight excluding hydrogens is 478 g/mol. The van der Waals surface area contributed by atoms with E-state index < -0.39 is 0 Å². The van der Waals surface area contributed by atoms with E-state index in [1.165, 1.54) is 0 Å². The van der Waals surface area contributed by atoms with E-state index in [4.69, 9.17) is 4.74 Å². The number of hydrogen-bond donors (Lipinski definition) is 1. The topological polar surface area (TPSA) is 98.1 Å². The van der Waals surface area contributed by atoms with Gasteiger partial charge in [0.1, 0.15) is 11.6 Å². The quantitative estimate of drug-likeness (QED) is 0.464. The van der Waals surface area contributed by atoms with Crippen LogP contribution in [-0.2, 0) is 25.9 Å². The minimum absolute atomic E-state index is 0.270. The summed E-state index contributed by atoms with van der Waals surface area (Å²) in [6.07, 6.45) is 11.9. The molecule has 5 rings (SSSR count). The number of nitrogens with one attached hydrogen (secondary N) is 1. The SMILES string of the molecule is C=C(/C=C\C=C(/C)c1nnc2n1CCC2)NC(=O)c1cc2c(cc1OC)CCN(c1ncccn1)C2.CC. The van der Waals surface area contributed by atoms with Gasteiger partial charge in [-0.25, -0.2) is 9.97 Å². The summed E-state index contributed by atoms with van der Waals surface area (Å²) >= 11 is 0. The van der Waals surface area contributed by atoms with Crippen molar-refractivity contribution in [1.82, 2.24) is 30.0 Å². The monoisotopic (exact) mass is 513 g/mol. The zero-order chi connectivity index (χ0) is 27.1. The normalized spacial score (nSPS) is 14.4. The molecule has 0 unspecified atom stereocenters. The molecule has 1 aromatic carbocycles. The molecule has 2 aliphatic rings. The van der Waals surface area contributed by atoms with Crippen molar-refractivity contribution in [3.05, 3.63) is 89.4 Å². The first kappa shape index (κ1) is 26.8. The third-order valence-corrected chi connectivity index (χ3v) is 6.49. The van der Waals surface area contributed by atoms with Gasteiger partial charge in [0, 0.05) is 44.1 Å². The lowest BCUT2D eigenvalue weighted by molar-refractivity contribution is 0.0964. The number of amides is 1. The summed E-state index contributed by atoms with van der Waals surface area (Å²) in [6.45, 7) is 12.4. The maximum absolute atomic E-state index is 13.1. The summed E-state index contributed by atoms with van der Waals surface area (Å²) in [4.78, 5) is 23.9. The molecule has 9 nitrogen and oxygen atoms in total. The number of anilines is 1. The number of carbonyl (C=O) groups is 1. The molecule has 0 radical (unpaired) electrons. The van der Waals surface area contributed by atoms with Gasteiger partial charge >= 0.3 is 0 Å². The lowest BCUT2D eigenvalue weighted by Crippen LogP contribution is -2.32. The molecular formula is C29H35N7O2. The van der Waals surface area contributed by atoms with E-state index in [0.29, 0.717) is 29.5 Å². The van der Waals surface area contributed by atoms with E-state index in [9.17, 15) is 4.79 Å². The van der Waals surface area contributed by atoms with E-state index in [1.807, 2.05) is 45.1 Å². The van der Waals surface area contributed by atoms with Crippen LogP contribution in [0.15, 0.2) is 61.1 Å². The number of benzene rings is 1. The average molecular weight is 514 g/mol. The lowest BCUT2D eigenvalue weighted by atomic mass is 9.96. The van der Waals surface area contributed by atoms with Gasteiger partial charge in [0.25, 0.3) is 5.91 Å². The van der Waals surface area contributed by atoms with E-state index in [-0.39, 0.29) is 5.91 Å². The molecule has 3 aromatic rings. The molecule has 0 spiro atoms. The van der Waals surface area contributed by atoms with Gasteiger partial charge in [0.15, 0.2) is 5.82 Å². The van der Waals surface area contributed by atoms with Gasteiger partial charge < -0.3 is 19.5 Å². The number of aryl methyl sites for hydroxylation is 1. The summed E-state index contributed by atoms with van der Waals surface area (Å²) in [5.41, 5.74) is 4.17. The second-order valence-electron chi connectivity index (χ2n) is 8.92. The molecule has 0 fully saturated rings. The fourth-order valence-electron chi connectivity index (χ4n) is 4.64. The molecule has 1 amide bonds. The lowest BCUT2D eigenvalue weighted by Gasteiger charge is -2.29. The van der Waals surface area contributed by atoms with Crippen LogP contribution in [-0.4, -0.2) is 44.3 Å². The van der Waals surface area contributed by atoms with Crippen LogP contribution in [0.2, 0.25) is 0 Å². The second-order valence-corrected chi connectivity index (χ2v) is 8.92. The molecule has 38 heavy (non-hydrogen) atoms. The summed E-state index contributed by atoms with van der Waals surface area (Å²) < 4.78 is 7.70. The summed E-state index contributed by atoms with van der Waals surface area (Å²) in [5.74, 6) is 2.88. The van der Waals surface area contributed by atoms with Gasteiger partial charge in [0.2, 0.25) is 5.95 Å². The maximum atomic E-state index is 13.1. The Morgan fingerprint density at radius 2 is 1.89 bits per heavy atom. The number of carbonyl (C=O) groups excluding carboxylic acids is 1. The molecule has 0 saturated heterocycles. The van der Waals surface area contributed by atoms with Gasteiger partial charge in [-0.15, -0.1) is 10.2 Å². The first-order valence-electron chi connectivity index (χ1n) is 13.0. The minimum Gasteiger partial charge on any atom is -0.496 e. The number of aromatic nitrogens is 5. The summed E-state index contributed by atoms with van der Waals surface area (Å²) in [6, 6.07) is 5.65. The molecule has 198 valence electrons. The Hall–Kier alpha value is -4.27. The Bertz CT molecular complexity index is 1360. The number of fused-ring (bicyclic) bond motifs is 2. The smallest absolute Gasteiger partial charge is 0.259 e. The third-order valence-electron chi connectivity index (χ3n) is 6.49. The predicted molar refractivity (Wildman–Crippen MR) is 149 cm³/mol. The predicted octanol–water partition coefficient (Wildman–Crippen LogP) is 4.52. The molecule has 9 heteroatoms. The number of methoxy groups -OCH3 is 1. The van der Waals surface area contributed by atoms with Crippen molar-refractivity contribution in [1.29, 1.82) is 0 Å². The number of rotatable bonds is 7. The number of nitrogens with zero attached hydrogens (tertiary/aromatic N) is 6. The van der Waals surface area contributed by atoms with Crippen LogP contribution < -0.4 is 15.0 Å². The Labute approximate surface area is 224 Å². The van der Waals surface area contributed by atoms with Crippen LogP contribution in [0.5, 0.6) is 5.75 Å². The first-order chi connectivity index (χ1) is 18.5. The largest absolute Gasteiger partial charge is 0.496 e. The second kappa shape index (κ2) is 12.3. The highest BCUT2D eigenvalue weighted by atomic mass is 16.5. The zero-order valence-corrected chi connectivity index (χ0v) is 22.6. The molecule has 0 saturated carbocycles. The summed E-state index contributed by atoms with van der Waals surface area (Å²) in [5, 5.41) is 11.4. The maximum Gasteiger partial charge on any atom is 0.259 e. The number of allylic oxidation sites excluding steroid dienone is 4. The van der Waals surface area contributed by atoms with Crippen LogP contribution in [0.3, 0.4) is 0 Å². The fourth-order valence-corrected chi connectivity index (χ4v) is 4.64. The van der Waals surface area contributed by atoms with E-state index in [1.54, 1.807) is 31.6 Å². The number of hydrogen-bond acceptors (Lipinski definition) is 7. The molecule has 0 aliphatic carbocycles. The van der Waals surface area contributed by atoms with Crippen LogP contribution in [0.25, 0.3) is 5.57 Å². The Morgan fingerprint density at radius 3 is 2.66 bits per heavy atom. The van der Waals surface area contributed by atoms with E-state index >= 15 is 0 Å². The van der Waals surface area contributed by atoms with Crippen molar-refractivity contribution in [3.8, 4) is 5.75 Å². The van der Waals surface area contributed by atoms with Crippen molar-refractivity contribution in [2.45, 2.75) is 53.1 Å². The number of ether oxygens (including phenoxy) is 1. The van der Waals surface area contributed by atoms with Crippen molar-refractivity contribution in [3.63, 3.8) is 0 Å². The van der Waals surface area contributed by atoms with Crippen molar-refractivity contribution < 1.29 is 9.53 Å². The molecule has 0 bridgehead atoms. The van der Waals surface area contributed by atoms with Gasteiger partial charge in [-0.2, -0.15) is 0 Å². The molecule has 2 aromatic heterocycles. The fraction of sp³-hybridized carbons (Fsp3) is 0.345. The van der Waals surface area contributed by atoms with Crippen LogP contribution in [0, 0.1) is 0 Å². The molecule has 4 heterocycles. The Balaban J connectivity index is 0.00000164. The van der Waals surface area contributed by atoms with E-state index in [2.05, 4.69) is 41.5 Å². The van der Waals surface area contributed by atoms with Gasteiger partial charge in [-0.05, 0) is 60.7 Å². The highest BCUT2D eigenvalue weighted by Gasteiger charge is 2.23. The highest BCUT2D eigenvalue weighted by molar-refractivity contribution is 5.98. The molecule has 0 atom stereocenters. The highest BCUT2D eigenvalue weighted by Crippen LogP contribution is 2.29. The van der Waals surface area contributed by atoms with Gasteiger partial charge in [-0.3, -0.25) is 4.79 Å². The third kappa shape index (κ3) is 5.82. The van der Waals surface area contributed by atoms with Crippen LogP contribution in [0.4, 0.5) is 5.95 Å². The summed E-state index contributed by atoms with van der Waals surface area (Å²) in [7, 11) is 1.58. The van der Waals surface area contributed by atoms with Crippen molar-refractivity contribution >= 4 is 17.4 Å². The van der Waals surface area contributed by atoms with Crippen molar-refractivity contribution in [2.24, 2.45) is 0 Å². The minimum atomic E-state index is -0.270. The van der Waals surface area contributed by atoms with Crippen LogP contribution in [0.1, 0.15) is 60.3 Å². The van der Waals surface area contributed by atoms with E-state index in [0.717, 1.165) is 60.7 Å². The Morgan fingerprint density at radius 1 is 1.11 bits per heavy atom. The zero-order valence-electron chi connectivity index (χ0n) is 22.6. The molecule has 2 aliphatic heterocycles. The van der Waals surface area contributed by atoms with Gasteiger partial charge in [0.05, 0.1) is 12.7 Å². The standard InChI is InChI=1S/C27H29N7O2.C2H6/c1-18(25-32-31-24-9-5-13-34(24)25)7-4-8-19(2)30-26(35)22-15-21-17-33(27-28-11-6-12-29-27)14-10-20(21)16-23(22)36-3;1-2/h4,6-8,11-12,15-16H,2,5,9-10,13-14,17H2,1,3H3,(H,30,35);1-2H3/b8-4-,18-7+;. The first-order valence-corrected chi connectivity index (χ1v) is 13.0.